The van der Waals surface area contributed by atoms with E-state index in [9.17, 15) is 0 Å². The average molecular weight is 243 g/mol. The highest BCUT2D eigenvalue weighted by molar-refractivity contribution is 5.31. The molecule has 0 aliphatic carbocycles. The fourth-order valence-electron chi connectivity index (χ4n) is 2.14. The molecular weight excluding hydrogens is 226 g/mol. The topological polar surface area (TPSA) is 42.2 Å². The Kier molecular flexibility index (Phi) is 3.57. The van der Waals surface area contributed by atoms with E-state index in [1.807, 2.05) is 31.2 Å². The third-order valence-electron chi connectivity index (χ3n) is 3.51. The third-order valence-corrected chi connectivity index (χ3v) is 3.51. The van der Waals surface area contributed by atoms with Gasteiger partial charge < -0.3 is 9.47 Å². The molecule has 2 atom stereocenters. The van der Waals surface area contributed by atoms with E-state index in [0.717, 1.165) is 23.3 Å². The van der Waals surface area contributed by atoms with Gasteiger partial charge in [0.1, 0.15) is 17.9 Å². The lowest BCUT2D eigenvalue weighted by Gasteiger charge is -2.29. The van der Waals surface area contributed by atoms with Crippen molar-refractivity contribution in [1.29, 1.82) is 5.26 Å². The number of methoxy groups -OCH3 is 1. The molecule has 0 amide bonds. The first-order valence-corrected chi connectivity index (χ1v) is 6.07. The van der Waals surface area contributed by atoms with Crippen molar-refractivity contribution in [1.82, 2.24) is 0 Å². The maximum absolute atomic E-state index is 9.07. The van der Waals surface area contributed by atoms with E-state index < -0.39 is 0 Å². The molecule has 1 aromatic carbocycles. The zero-order valence-electron chi connectivity index (χ0n) is 10.9. The SMILES string of the molecule is COc1ccc([C@@H]2C[C@@H](C)C(C)=C(C#N)O2)cc1. The highest BCUT2D eigenvalue weighted by Crippen LogP contribution is 2.37. The molecule has 0 saturated heterocycles. The Morgan fingerprint density at radius 3 is 2.56 bits per heavy atom. The predicted molar refractivity (Wildman–Crippen MR) is 68.9 cm³/mol. The number of nitrogens with zero attached hydrogens (tertiary/aromatic N) is 1. The lowest BCUT2D eigenvalue weighted by atomic mass is 9.89. The van der Waals surface area contributed by atoms with Crippen molar-refractivity contribution in [2.45, 2.75) is 26.4 Å². The van der Waals surface area contributed by atoms with Gasteiger partial charge in [-0.2, -0.15) is 5.26 Å². The number of benzene rings is 1. The van der Waals surface area contributed by atoms with Crippen molar-refractivity contribution >= 4 is 0 Å². The van der Waals surface area contributed by atoms with Crippen LogP contribution in [-0.4, -0.2) is 7.11 Å². The van der Waals surface area contributed by atoms with E-state index in [1.165, 1.54) is 0 Å². The first-order valence-electron chi connectivity index (χ1n) is 6.07. The quantitative estimate of drug-likeness (QED) is 0.797. The maximum atomic E-state index is 9.07. The first kappa shape index (κ1) is 12.5. The summed E-state index contributed by atoms with van der Waals surface area (Å²) in [6.45, 7) is 4.10. The number of hydrogen-bond acceptors (Lipinski definition) is 3. The van der Waals surface area contributed by atoms with Gasteiger partial charge in [0, 0.05) is 0 Å². The second-order valence-corrected chi connectivity index (χ2v) is 4.64. The molecule has 0 N–H and O–H groups in total. The van der Waals surface area contributed by atoms with Crippen LogP contribution in [0.2, 0.25) is 0 Å². The molecule has 0 spiro atoms. The Labute approximate surface area is 108 Å². The van der Waals surface area contributed by atoms with Crippen molar-refractivity contribution in [2.24, 2.45) is 5.92 Å². The second kappa shape index (κ2) is 5.14. The van der Waals surface area contributed by atoms with Gasteiger partial charge in [0.05, 0.1) is 7.11 Å². The molecule has 0 bridgehead atoms. The number of rotatable bonds is 2. The van der Waals surface area contributed by atoms with Crippen LogP contribution in [0.1, 0.15) is 31.9 Å². The monoisotopic (exact) mass is 243 g/mol. The molecule has 94 valence electrons. The lowest BCUT2D eigenvalue weighted by molar-refractivity contribution is 0.0861. The van der Waals surface area contributed by atoms with Crippen LogP contribution in [0.5, 0.6) is 5.75 Å². The van der Waals surface area contributed by atoms with E-state index in [1.54, 1.807) is 7.11 Å². The van der Waals surface area contributed by atoms with E-state index in [2.05, 4.69) is 13.0 Å². The predicted octanol–water partition coefficient (Wildman–Crippen LogP) is 3.59. The minimum absolute atomic E-state index is 0.0377. The molecule has 0 unspecified atom stereocenters. The molecule has 0 aromatic heterocycles. The van der Waals surface area contributed by atoms with Gasteiger partial charge in [-0.15, -0.1) is 0 Å². The van der Waals surface area contributed by atoms with Gasteiger partial charge in [0.15, 0.2) is 5.76 Å². The van der Waals surface area contributed by atoms with Crippen LogP contribution >= 0.6 is 0 Å². The molecule has 1 aromatic rings. The minimum atomic E-state index is -0.0377. The molecule has 3 nitrogen and oxygen atoms in total. The minimum Gasteiger partial charge on any atom is -0.497 e. The second-order valence-electron chi connectivity index (χ2n) is 4.64. The Hall–Kier alpha value is -1.95. The van der Waals surface area contributed by atoms with Gasteiger partial charge in [-0.25, -0.2) is 0 Å². The van der Waals surface area contributed by atoms with Crippen LogP contribution in [0.4, 0.5) is 0 Å². The third kappa shape index (κ3) is 2.33. The molecule has 2 rings (SSSR count). The van der Waals surface area contributed by atoms with Crippen LogP contribution in [0.3, 0.4) is 0 Å². The van der Waals surface area contributed by atoms with Crippen molar-refractivity contribution < 1.29 is 9.47 Å². The summed E-state index contributed by atoms with van der Waals surface area (Å²) in [4.78, 5) is 0. The van der Waals surface area contributed by atoms with E-state index in [4.69, 9.17) is 14.7 Å². The van der Waals surface area contributed by atoms with E-state index in [-0.39, 0.29) is 6.10 Å². The Balaban J connectivity index is 2.23. The van der Waals surface area contributed by atoms with Crippen LogP contribution in [0.25, 0.3) is 0 Å². The van der Waals surface area contributed by atoms with Crippen LogP contribution in [0.15, 0.2) is 35.6 Å². The summed E-state index contributed by atoms with van der Waals surface area (Å²) in [5.74, 6) is 1.67. The van der Waals surface area contributed by atoms with Gasteiger partial charge in [-0.05, 0) is 42.5 Å². The zero-order valence-corrected chi connectivity index (χ0v) is 10.9. The Bertz CT molecular complexity index is 496. The smallest absolute Gasteiger partial charge is 0.196 e. The molecule has 0 fully saturated rings. The van der Waals surface area contributed by atoms with Crippen LogP contribution in [-0.2, 0) is 4.74 Å². The normalized spacial score (nSPS) is 23.2. The van der Waals surface area contributed by atoms with Gasteiger partial charge in [-0.3, -0.25) is 0 Å². The summed E-state index contributed by atoms with van der Waals surface area (Å²) in [6.07, 6.45) is 0.868. The van der Waals surface area contributed by atoms with Crippen molar-refractivity contribution in [2.75, 3.05) is 7.11 Å². The molecule has 1 aliphatic heterocycles. The fraction of sp³-hybridized carbons (Fsp3) is 0.400. The van der Waals surface area contributed by atoms with E-state index in [0.29, 0.717) is 11.7 Å². The highest BCUT2D eigenvalue weighted by atomic mass is 16.5. The fourth-order valence-corrected chi connectivity index (χ4v) is 2.14. The molecular formula is C15H17NO2. The van der Waals surface area contributed by atoms with Gasteiger partial charge in [-0.1, -0.05) is 19.1 Å². The lowest BCUT2D eigenvalue weighted by Crippen LogP contribution is -2.17. The summed E-state index contributed by atoms with van der Waals surface area (Å²) in [6, 6.07) is 9.96. The standard InChI is InChI=1S/C15H17NO2/c1-10-8-14(18-15(9-16)11(10)2)12-4-6-13(17-3)7-5-12/h4-7,10,14H,8H2,1-3H3/t10-,14+/m1/s1. The summed E-state index contributed by atoms with van der Waals surface area (Å²) < 4.78 is 10.9. The molecule has 1 aliphatic rings. The first-order chi connectivity index (χ1) is 8.65. The molecule has 0 saturated carbocycles. The van der Waals surface area contributed by atoms with Gasteiger partial charge in [0.2, 0.25) is 0 Å². The summed E-state index contributed by atoms with van der Waals surface area (Å²) in [5.41, 5.74) is 2.13. The molecule has 0 radical (unpaired) electrons. The number of nitriles is 1. The number of allylic oxidation sites excluding steroid dienone is 2. The van der Waals surface area contributed by atoms with Gasteiger partial charge in [0.25, 0.3) is 0 Å². The van der Waals surface area contributed by atoms with Crippen LogP contribution in [0, 0.1) is 17.2 Å². The molecule has 18 heavy (non-hydrogen) atoms. The zero-order chi connectivity index (χ0) is 13.1. The Morgan fingerprint density at radius 1 is 1.33 bits per heavy atom. The Morgan fingerprint density at radius 2 is 2.00 bits per heavy atom. The van der Waals surface area contributed by atoms with E-state index >= 15 is 0 Å². The average Bonchev–Trinajstić information content (AvgIpc) is 2.42. The maximum Gasteiger partial charge on any atom is 0.196 e. The van der Waals surface area contributed by atoms with Crippen molar-refractivity contribution in [3.05, 3.63) is 41.2 Å². The van der Waals surface area contributed by atoms with Crippen LogP contribution < -0.4 is 4.74 Å². The molecule has 3 heteroatoms. The molecule has 1 heterocycles. The summed E-state index contributed by atoms with van der Waals surface area (Å²) >= 11 is 0. The number of ether oxygens (including phenoxy) is 2. The highest BCUT2D eigenvalue weighted by Gasteiger charge is 2.26. The van der Waals surface area contributed by atoms with Crippen molar-refractivity contribution in [3.63, 3.8) is 0 Å². The number of hydrogen-bond donors (Lipinski definition) is 0. The largest absolute Gasteiger partial charge is 0.497 e. The summed E-state index contributed by atoms with van der Waals surface area (Å²) in [5, 5.41) is 9.07. The van der Waals surface area contributed by atoms with Gasteiger partial charge >= 0.3 is 0 Å². The summed E-state index contributed by atoms with van der Waals surface area (Å²) in [7, 11) is 1.65. The van der Waals surface area contributed by atoms with Crippen molar-refractivity contribution in [3.8, 4) is 11.8 Å².